The van der Waals surface area contributed by atoms with Crippen LogP contribution in [0.3, 0.4) is 0 Å². The average Bonchev–Trinajstić information content (AvgIpc) is 3.03. The number of aryl methyl sites for hydroxylation is 1. The van der Waals surface area contributed by atoms with E-state index < -0.39 is 5.91 Å². The van der Waals surface area contributed by atoms with Crippen molar-refractivity contribution in [3.05, 3.63) is 39.8 Å². The lowest BCUT2D eigenvalue weighted by atomic mass is 9.92. The molecule has 2 rings (SSSR count). The fourth-order valence-electron chi connectivity index (χ4n) is 1.69. The molecule has 0 radical (unpaired) electrons. The van der Waals surface area contributed by atoms with Crippen LogP contribution < -0.4 is 10.9 Å². The Morgan fingerprint density at radius 1 is 1.24 bits per heavy atom. The quantitative estimate of drug-likeness (QED) is 0.831. The molecule has 6 nitrogen and oxygen atoms in total. The van der Waals surface area contributed by atoms with Crippen LogP contribution in [0.2, 0.25) is 0 Å². The maximum atomic E-state index is 12.1. The second kappa shape index (κ2) is 5.69. The second-order valence-electron chi connectivity index (χ2n) is 5.67. The zero-order valence-corrected chi connectivity index (χ0v) is 13.2. The van der Waals surface area contributed by atoms with E-state index in [0.29, 0.717) is 10.6 Å². The summed E-state index contributed by atoms with van der Waals surface area (Å²) in [6.07, 6.45) is 0. The van der Waals surface area contributed by atoms with Crippen LogP contribution in [0.1, 0.15) is 46.6 Å². The number of hydrogen-bond acceptors (Lipinski definition) is 4. The van der Waals surface area contributed by atoms with Crippen LogP contribution in [-0.2, 0) is 12.5 Å². The van der Waals surface area contributed by atoms with E-state index in [9.17, 15) is 9.59 Å². The molecule has 7 heteroatoms. The van der Waals surface area contributed by atoms with Gasteiger partial charge in [-0.1, -0.05) is 26.8 Å². The largest absolute Gasteiger partial charge is 0.287 e. The number of amides is 2. The monoisotopic (exact) mass is 306 g/mol. The molecule has 0 aliphatic rings. The molecule has 0 bridgehead atoms. The van der Waals surface area contributed by atoms with Gasteiger partial charge in [0.2, 0.25) is 0 Å². The summed E-state index contributed by atoms with van der Waals surface area (Å²) >= 11 is 1.31. The summed E-state index contributed by atoms with van der Waals surface area (Å²) in [4.78, 5) is 24.4. The first-order chi connectivity index (χ1) is 9.79. The highest BCUT2D eigenvalue weighted by Gasteiger charge is 2.22. The van der Waals surface area contributed by atoms with E-state index >= 15 is 0 Å². The number of thiophene rings is 1. The zero-order chi connectivity index (χ0) is 15.6. The minimum Gasteiger partial charge on any atom is -0.266 e. The fraction of sp³-hybridized carbons (Fsp3) is 0.357. The van der Waals surface area contributed by atoms with Gasteiger partial charge in [0, 0.05) is 12.5 Å². The van der Waals surface area contributed by atoms with Crippen molar-refractivity contribution in [2.75, 3.05) is 0 Å². The third-order valence-corrected chi connectivity index (χ3v) is 3.78. The van der Waals surface area contributed by atoms with Crippen molar-refractivity contribution in [1.29, 1.82) is 0 Å². The van der Waals surface area contributed by atoms with E-state index in [1.807, 2.05) is 20.8 Å². The van der Waals surface area contributed by atoms with Crippen molar-refractivity contribution in [3.63, 3.8) is 0 Å². The van der Waals surface area contributed by atoms with Crippen LogP contribution in [0.4, 0.5) is 0 Å². The average molecular weight is 306 g/mol. The van der Waals surface area contributed by atoms with Gasteiger partial charge in [0.05, 0.1) is 10.6 Å². The molecule has 112 valence electrons. The Morgan fingerprint density at radius 3 is 2.43 bits per heavy atom. The van der Waals surface area contributed by atoms with Crippen molar-refractivity contribution in [2.45, 2.75) is 26.2 Å². The third kappa shape index (κ3) is 3.49. The minimum absolute atomic E-state index is 0.142. The standard InChI is InChI=1S/C14H18N4O2S/c1-14(2,3)11-8-9(18(4)17-11)12(19)15-16-13(20)10-6-5-7-21-10/h5-8H,1-4H3,(H,15,19)(H,16,20). The molecule has 0 aliphatic heterocycles. The van der Waals surface area contributed by atoms with Crippen LogP contribution in [-0.4, -0.2) is 21.6 Å². The maximum Gasteiger partial charge on any atom is 0.287 e. The number of hydrazine groups is 1. The summed E-state index contributed by atoms with van der Waals surface area (Å²) in [5.74, 6) is -0.734. The number of nitrogens with zero attached hydrogens (tertiary/aromatic N) is 2. The molecule has 0 saturated carbocycles. The first-order valence-electron chi connectivity index (χ1n) is 6.48. The van der Waals surface area contributed by atoms with E-state index in [4.69, 9.17) is 0 Å². The molecule has 0 atom stereocenters. The number of nitrogens with one attached hydrogen (secondary N) is 2. The summed E-state index contributed by atoms with van der Waals surface area (Å²) < 4.78 is 1.51. The molecule has 0 aromatic carbocycles. The van der Waals surface area contributed by atoms with Crippen molar-refractivity contribution >= 4 is 23.2 Å². The number of carbonyl (C=O) groups excluding carboxylic acids is 2. The Balaban J connectivity index is 2.04. The molecule has 2 N–H and O–H groups in total. The van der Waals surface area contributed by atoms with Crippen molar-refractivity contribution in [2.24, 2.45) is 7.05 Å². The van der Waals surface area contributed by atoms with E-state index in [0.717, 1.165) is 5.69 Å². The summed E-state index contributed by atoms with van der Waals surface area (Å²) in [6.45, 7) is 6.07. The van der Waals surface area contributed by atoms with Gasteiger partial charge in [-0.25, -0.2) is 0 Å². The van der Waals surface area contributed by atoms with E-state index in [1.165, 1.54) is 16.0 Å². The molecule has 0 saturated heterocycles. The van der Waals surface area contributed by atoms with Gasteiger partial charge < -0.3 is 0 Å². The Hall–Kier alpha value is -2.15. The molecule has 2 aromatic rings. The zero-order valence-electron chi connectivity index (χ0n) is 12.4. The number of aromatic nitrogens is 2. The highest BCUT2D eigenvalue weighted by molar-refractivity contribution is 7.12. The molecule has 2 aromatic heterocycles. The van der Waals surface area contributed by atoms with Gasteiger partial charge in [0.15, 0.2) is 0 Å². The molecule has 2 amide bonds. The van der Waals surface area contributed by atoms with Crippen molar-refractivity contribution in [3.8, 4) is 0 Å². The SMILES string of the molecule is Cn1nc(C(C)(C)C)cc1C(=O)NNC(=O)c1cccs1. The lowest BCUT2D eigenvalue weighted by Gasteiger charge is -2.13. The van der Waals surface area contributed by atoms with Gasteiger partial charge in [0.1, 0.15) is 5.69 Å². The summed E-state index contributed by atoms with van der Waals surface area (Å²) in [7, 11) is 1.70. The number of rotatable bonds is 2. The fourth-order valence-corrected chi connectivity index (χ4v) is 2.31. The minimum atomic E-state index is -0.398. The molecule has 0 unspecified atom stereocenters. The highest BCUT2D eigenvalue weighted by Crippen LogP contribution is 2.21. The van der Waals surface area contributed by atoms with Crippen LogP contribution in [0.25, 0.3) is 0 Å². The van der Waals surface area contributed by atoms with Gasteiger partial charge in [0.25, 0.3) is 11.8 Å². The molecule has 0 spiro atoms. The Morgan fingerprint density at radius 2 is 1.90 bits per heavy atom. The van der Waals surface area contributed by atoms with Crippen molar-refractivity contribution in [1.82, 2.24) is 20.6 Å². The molecule has 0 aliphatic carbocycles. The van der Waals surface area contributed by atoms with Crippen LogP contribution in [0, 0.1) is 0 Å². The smallest absolute Gasteiger partial charge is 0.266 e. The third-order valence-electron chi connectivity index (χ3n) is 2.92. The molecule has 0 fully saturated rings. The van der Waals surface area contributed by atoms with Gasteiger partial charge >= 0.3 is 0 Å². The second-order valence-corrected chi connectivity index (χ2v) is 6.62. The predicted molar refractivity (Wildman–Crippen MR) is 81.2 cm³/mol. The van der Waals surface area contributed by atoms with E-state index in [-0.39, 0.29) is 11.3 Å². The Bertz CT molecular complexity index is 653. The Kier molecular flexibility index (Phi) is 4.13. The number of carbonyl (C=O) groups is 2. The van der Waals surface area contributed by atoms with Crippen LogP contribution in [0.5, 0.6) is 0 Å². The molecular weight excluding hydrogens is 288 g/mol. The van der Waals surface area contributed by atoms with E-state index in [2.05, 4.69) is 16.0 Å². The van der Waals surface area contributed by atoms with Gasteiger partial charge in [-0.05, 0) is 17.5 Å². The Labute approximate surface area is 127 Å². The van der Waals surface area contributed by atoms with Gasteiger partial charge in [-0.15, -0.1) is 11.3 Å². The topological polar surface area (TPSA) is 76.0 Å². The molecular formula is C14H18N4O2S. The number of hydrogen-bond donors (Lipinski definition) is 2. The predicted octanol–water partition coefficient (Wildman–Crippen LogP) is 1.85. The normalized spacial score (nSPS) is 11.2. The van der Waals surface area contributed by atoms with Gasteiger partial charge in [-0.2, -0.15) is 5.10 Å². The molecule has 2 heterocycles. The lowest BCUT2D eigenvalue weighted by molar-refractivity contribution is 0.0843. The summed E-state index contributed by atoms with van der Waals surface area (Å²) in [6, 6.07) is 5.19. The highest BCUT2D eigenvalue weighted by atomic mass is 32.1. The first-order valence-corrected chi connectivity index (χ1v) is 7.35. The van der Waals surface area contributed by atoms with Crippen molar-refractivity contribution < 1.29 is 9.59 Å². The summed E-state index contributed by atoms with van der Waals surface area (Å²) in [5.41, 5.74) is 5.86. The summed E-state index contributed by atoms with van der Waals surface area (Å²) in [5, 5.41) is 6.12. The van der Waals surface area contributed by atoms with Crippen LogP contribution >= 0.6 is 11.3 Å². The van der Waals surface area contributed by atoms with Gasteiger partial charge in [-0.3, -0.25) is 25.1 Å². The van der Waals surface area contributed by atoms with E-state index in [1.54, 1.807) is 30.6 Å². The molecule has 21 heavy (non-hydrogen) atoms. The lowest BCUT2D eigenvalue weighted by Crippen LogP contribution is -2.42. The van der Waals surface area contributed by atoms with Crippen LogP contribution in [0.15, 0.2) is 23.6 Å². The maximum absolute atomic E-state index is 12.1. The first kappa shape index (κ1) is 15.2.